The molecule has 1 aliphatic rings. The van der Waals surface area contributed by atoms with E-state index in [9.17, 15) is 20.2 Å². The normalized spacial score (nSPS) is 19.2. The maximum atomic E-state index is 10.9. The second kappa shape index (κ2) is 5.47. The van der Waals surface area contributed by atoms with Crippen LogP contribution in [0, 0.1) is 26.1 Å². The molecule has 104 valence electrons. The van der Waals surface area contributed by atoms with Gasteiger partial charge in [0.2, 0.25) is 0 Å². The molecule has 1 aromatic carbocycles. The average molecular weight is 276 g/mol. The number of benzene rings is 1. The first-order valence-electron chi connectivity index (χ1n) is 5.92. The van der Waals surface area contributed by atoms with Crippen LogP contribution in [0.15, 0.2) is 35.5 Å². The van der Waals surface area contributed by atoms with E-state index in [1.54, 1.807) is 0 Å². The summed E-state index contributed by atoms with van der Waals surface area (Å²) in [6.07, 6.45) is 4.69. The molecule has 0 radical (unpaired) electrons. The summed E-state index contributed by atoms with van der Waals surface area (Å²) in [6, 6.07) is 3.39. The van der Waals surface area contributed by atoms with E-state index in [2.05, 4.69) is 10.5 Å². The molecule has 1 aliphatic carbocycles. The summed E-state index contributed by atoms with van der Waals surface area (Å²) in [4.78, 5) is 20.2. The molecule has 0 fully saturated rings. The van der Waals surface area contributed by atoms with Gasteiger partial charge in [0, 0.05) is 12.0 Å². The minimum Gasteiger partial charge on any atom is -0.271 e. The summed E-state index contributed by atoms with van der Waals surface area (Å²) in [6.45, 7) is 1.99. The summed E-state index contributed by atoms with van der Waals surface area (Å²) in [5.74, 6) is 0.250. The highest BCUT2D eigenvalue weighted by Gasteiger charge is 2.20. The molecule has 0 bridgehead atoms. The van der Waals surface area contributed by atoms with E-state index < -0.39 is 9.85 Å². The molecule has 1 aromatic rings. The number of hydrogen-bond acceptors (Lipinski definition) is 6. The number of anilines is 1. The molecule has 0 unspecified atom stereocenters. The first-order valence-corrected chi connectivity index (χ1v) is 5.92. The third-order valence-corrected chi connectivity index (χ3v) is 2.98. The largest absolute Gasteiger partial charge is 0.301 e. The van der Waals surface area contributed by atoms with E-state index in [4.69, 9.17) is 0 Å². The van der Waals surface area contributed by atoms with Gasteiger partial charge in [-0.05, 0) is 18.6 Å². The zero-order chi connectivity index (χ0) is 14.7. The van der Waals surface area contributed by atoms with E-state index in [1.807, 2.05) is 19.1 Å². The van der Waals surface area contributed by atoms with Crippen molar-refractivity contribution in [2.75, 3.05) is 5.43 Å². The molecule has 8 nitrogen and oxygen atoms in total. The average Bonchev–Trinajstić information content (AvgIpc) is 2.81. The van der Waals surface area contributed by atoms with Crippen molar-refractivity contribution < 1.29 is 9.85 Å². The van der Waals surface area contributed by atoms with Crippen molar-refractivity contribution in [2.45, 2.75) is 13.3 Å². The number of non-ortho nitro benzene ring substituents is 1. The number of nitro groups is 2. The lowest BCUT2D eigenvalue weighted by Gasteiger charge is -2.05. The van der Waals surface area contributed by atoms with Crippen LogP contribution < -0.4 is 5.43 Å². The first kappa shape index (κ1) is 13.7. The highest BCUT2D eigenvalue weighted by atomic mass is 16.6. The fourth-order valence-electron chi connectivity index (χ4n) is 1.83. The summed E-state index contributed by atoms with van der Waals surface area (Å²) >= 11 is 0. The van der Waals surface area contributed by atoms with Gasteiger partial charge in [0.25, 0.3) is 5.69 Å². The molecule has 1 atom stereocenters. The number of allylic oxidation sites excluding steroid dienone is 2. The molecule has 20 heavy (non-hydrogen) atoms. The van der Waals surface area contributed by atoms with Crippen molar-refractivity contribution in [2.24, 2.45) is 11.0 Å². The summed E-state index contributed by atoms with van der Waals surface area (Å²) in [5, 5.41) is 25.7. The minimum atomic E-state index is -0.677. The Balaban J connectivity index is 2.29. The third-order valence-electron chi connectivity index (χ3n) is 2.98. The summed E-state index contributed by atoms with van der Waals surface area (Å²) in [5.41, 5.74) is 2.81. The molecule has 0 aliphatic heterocycles. The second-order valence-electron chi connectivity index (χ2n) is 4.40. The lowest BCUT2D eigenvalue weighted by molar-refractivity contribution is -0.393. The molecular formula is C12H12N4O4. The van der Waals surface area contributed by atoms with Gasteiger partial charge in [0.1, 0.15) is 5.69 Å². The van der Waals surface area contributed by atoms with Gasteiger partial charge < -0.3 is 0 Å². The molecule has 2 rings (SSSR count). The molecule has 0 saturated heterocycles. The number of nitro benzene ring substituents is 2. The lowest BCUT2D eigenvalue weighted by atomic mass is 10.1. The van der Waals surface area contributed by atoms with Crippen LogP contribution in [-0.2, 0) is 0 Å². The number of hydrogen-bond donors (Lipinski definition) is 1. The van der Waals surface area contributed by atoms with Crippen LogP contribution in [0.4, 0.5) is 17.1 Å². The SMILES string of the molecule is C[C@H]1CC=C/C1=N/Nc1ccc([N+](=O)[O-])cc1[N+](=O)[O-]. The fraction of sp³-hybridized carbons (Fsp3) is 0.250. The molecule has 0 heterocycles. The van der Waals surface area contributed by atoms with Crippen molar-refractivity contribution in [3.63, 3.8) is 0 Å². The van der Waals surface area contributed by atoms with E-state index in [0.717, 1.165) is 18.2 Å². The van der Waals surface area contributed by atoms with Crippen LogP contribution in [0.3, 0.4) is 0 Å². The van der Waals surface area contributed by atoms with Crippen molar-refractivity contribution in [1.29, 1.82) is 0 Å². The van der Waals surface area contributed by atoms with Gasteiger partial charge in [-0.3, -0.25) is 25.7 Å². The van der Waals surface area contributed by atoms with Gasteiger partial charge >= 0.3 is 5.69 Å². The van der Waals surface area contributed by atoms with Crippen LogP contribution in [-0.4, -0.2) is 15.6 Å². The van der Waals surface area contributed by atoms with Gasteiger partial charge in [-0.2, -0.15) is 5.10 Å². The standard InChI is InChI=1S/C12H12N4O4/c1-8-3-2-4-10(8)13-14-11-6-5-9(15(17)18)7-12(11)16(19)20/h2,4-8,14H,3H2,1H3/b13-10-/t8-/m0/s1. The maximum absolute atomic E-state index is 10.9. The number of nitrogens with zero attached hydrogens (tertiary/aromatic N) is 3. The molecule has 0 amide bonds. The topological polar surface area (TPSA) is 111 Å². The molecule has 0 saturated carbocycles. The zero-order valence-electron chi connectivity index (χ0n) is 10.6. The highest BCUT2D eigenvalue weighted by Crippen LogP contribution is 2.29. The first-order chi connectivity index (χ1) is 9.49. The Kier molecular flexibility index (Phi) is 3.74. The predicted molar refractivity (Wildman–Crippen MR) is 73.7 cm³/mol. The quantitative estimate of drug-likeness (QED) is 0.671. The van der Waals surface area contributed by atoms with Gasteiger partial charge in [-0.25, -0.2) is 0 Å². The Bertz CT molecular complexity index is 624. The predicted octanol–water partition coefficient (Wildman–Crippen LogP) is 2.87. The van der Waals surface area contributed by atoms with Crippen molar-refractivity contribution >= 4 is 22.8 Å². The monoisotopic (exact) mass is 276 g/mol. The molecule has 1 N–H and O–H groups in total. The van der Waals surface area contributed by atoms with Gasteiger partial charge in [-0.15, -0.1) is 0 Å². The number of rotatable bonds is 4. The van der Waals surface area contributed by atoms with Gasteiger partial charge in [-0.1, -0.05) is 13.0 Å². The van der Waals surface area contributed by atoms with Crippen LogP contribution in [0.2, 0.25) is 0 Å². The van der Waals surface area contributed by atoms with Crippen molar-refractivity contribution in [3.8, 4) is 0 Å². The van der Waals surface area contributed by atoms with Crippen LogP contribution in [0.5, 0.6) is 0 Å². The Morgan fingerprint density at radius 3 is 2.60 bits per heavy atom. The van der Waals surface area contributed by atoms with Gasteiger partial charge in [0.05, 0.1) is 21.6 Å². The number of hydrazone groups is 1. The lowest BCUT2D eigenvalue weighted by Crippen LogP contribution is -2.06. The van der Waals surface area contributed by atoms with Crippen LogP contribution >= 0.6 is 0 Å². The van der Waals surface area contributed by atoms with Crippen molar-refractivity contribution in [1.82, 2.24) is 0 Å². The van der Waals surface area contributed by atoms with Crippen molar-refractivity contribution in [3.05, 3.63) is 50.6 Å². The Hall–Kier alpha value is -2.77. The van der Waals surface area contributed by atoms with Crippen LogP contribution in [0.25, 0.3) is 0 Å². The summed E-state index contributed by atoms with van der Waals surface area (Å²) in [7, 11) is 0. The maximum Gasteiger partial charge on any atom is 0.301 e. The van der Waals surface area contributed by atoms with E-state index in [0.29, 0.717) is 0 Å². The zero-order valence-corrected chi connectivity index (χ0v) is 10.6. The Morgan fingerprint density at radius 2 is 2.05 bits per heavy atom. The fourth-order valence-corrected chi connectivity index (χ4v) is 1.83. The van der Waals surface area contributed by atoms with E-state index >= 15 is 0 Å². The Morgan fingerprint density at radius 1 is 1.30 bits per heavy atom. The Labute approximate surface area is 114 Å². The van der Waals surface area contributed by atoms with E-state index in [1.165, 1.54) is 12.1 Å². The second-order valence-corrected chi connectivity index (χ2v) is 4.40. The molecule has 8 heteroatoms. The summed E-state index contributed by atoms with van der Waals surface area (Å²) < 4.78 is 0. The minimum absolute atomic E-state index is 0.126. The molecule has 0 aromatic heterocycles. The molecular weight excluding hydrogens is 264 g/mol. The molecule has 0 spiro atoms. The van der Waals surface area contributed by atoms with E-state index in [-0.39, 0.29) is 23.0 Å². The smallest absolute Gasteiger partial charge is 0.271 e. The van der Waals surface area contributed by atoms with Crippen LogP contribution in [0.1, 0.15) is 13.3 Å². The van der Waals surface area contributed by atoms with Gasteiger partial charge in [0.15, 0.2) is 0 Å². The number of nitrogens with one attached hydrogen (secondary N) is 1. The third kappa shape index (κ3) is 2.79. The highest BCUT2D eigenvalue weighted by molar-refractivity contribution is 5.99.